The van der Waals surface area contributed by atoms with Gasteiger partial charge in [-0.2, -0.15) is 0 Å². The molecule has 1 N–H and O–H groups in total. The number of esters is 1. The third-order valence-electron chi connectivity index (χ3n) is 4.43. The molecule has 2 aromatic rings. The maximum atomic E-state index is 12.1. The number of hydrogen-bond donors (Lipinski definition) is 1. The highest BCUT2D eigenvalue weighted by molar-refractivity contribution is 6.76. The second-order valence-electron chi connectivity index (χ2n) is 8.06. The quantitative estimate of drug-likeness (QED) is 0.112. The Labute approximate surface area is 192 Å². The molecule has 11 heteroatoms. The molecule has 32 heavy (non-hydrogen) atoms. The van der Waals surface area contributed by atoms with Crippen LogP contribution < -0.4 is 14.8 Å². The molecule has 0 radical (unpaired) electrons. The van der Waals surface area contributed by atoms with Crippen LogP contribution in [0.3, 0.4) is 0 Å². The number of benzene rings is 2. The van der Waals surface area contributed by atoms with E-state index in [4.69, 9.17) is 30.5 Å². The standard InChI is InChI=1S/C21H27ClN2O7Si/c1-28-19-12-18(24(26)27)17(11-20(19)31-13-30-8-9-32(3,4)5)23-16-10-14(22)6-7-15(16)21(25)29-2/h6-7,10-12,23H,8-9,13H2,1-5H3. The van der Waals surface area contributed by atoms with Crippen molar-refractivity contribution in [2.45, 2.75) is 25.7 Å². The van der Waals surface area contributed by atoms with Crippen LogP contribution in [0.5, 0.6) is 11.5 Å². The van der Waals surface area contributed by atoms with Crippen molar-refractivity contribution in [1.29, 1.82) is 0 Å². The largest absolute Gasteiger partial charge is 0.493 e. The van der Waals surface area contributed by atoms with Gasteiger partial charge >= 0.3 is 5.97 Å². The van der Waals surface area contributed by atoms with E-state index in [1.165, 1.54) is 44.6 Å². The molecular weight excluding hydrogens is 456 g/mol. The van der Waals surface area contributed by atoms with Gasteiger partial charge in [-0.15, -0.1) is 0 Å². The van der Waals surface area contributed by atoms with Crippen molar-refractivity contribution in [2.24, 2.45) is 0 Å². The molecule has 0 spiro atoms. The fourth-order valence-corrected chi connectivity index (χ4v) is 3.60. The lowest BCUT2D eigenvalue weighted by molar-refractivity contribution is -0.384. The molecule has 0 atom stereocenters. The van der Waals surface area contributed by atoms with Crippen molar-refractivity contribution < 1.29 is 28.7 Å². The van der Waals surface area contributed by atoms with Gasteiger partial charge in [0.2, 0.25) is 0 Å². The second kappa shape index (κ2) is 11.2. The highest BCUT2D eigenvalue weighted by atomic mass is 35.5. The third-order valence-corrected chi connectivity index (χ3v) is 6.37. The Hall–Kier alpha value is -2.82. The van der Waals surface area contributed by atoms with Crippen molar-refractivity contribution in [3.63, 3.8) is 0 Å². The van der Waals surface area contributed by atoms with Gasteiger partial charge in [-0.1, -0.05) is 31.2 Å². The highest BCUT2D eigenvalue weighted by Crippen LogP contribution is 2.40. The summed E-state index contributed by atoms with van der Waals surface area (Å²) in [5, 5.41) is 14.9. The number of nitro groups is 1. The predicted octanol–water partition coefficient (Wildman–Crippen LogP) is 5.48. The van der Waals surface area contributed by atoms with E-state index in [0.29, 0.717) is 11.6 Å². The monoisotopic (exact) mass is 482 g/mol. The number of rotatable bonds is 11. The molecule has 0 unspecified atom stereocenters. The number of carbonyl (C=O) groups excluding carboxylic acids is 1. The van der Waals surface area contributed by atoms with Crippen LogP contribution in [-0.4, -0.2) is 46.6 Å². The number of carbonyl (C=O) groups is 1. The molecule has 0 bridgehead atoms. The summed E-state index contributed by atoms with van der Waals surface area (Å²) < 4.78 is 21.2. The first-order valence-electron chi connectivity index (χ1n) is 9.77. The lowest BCUT2D eigenvalue weighted by Gasteiger charge is -2.17. The molecule has 0 aliphatic heterocycles. The summed E-state index contributed by atoms with van der Waals surface area (Å²) in [5.41, 5.74) is 0.221. The first-order chi connectivity index (χ1) is 15.1. The normalized spacial score (nSPS) is 11.1. The smallest absolute Gasteiger partial charge is 0.339 e. The van der Waals surface area contributed by atoms with Crippen molar-refractivity contribution in [3.05, 3.63) is 51.0 Å². The molecule has 0 heterocycles. The van der Waals surface area contributed by atoms with Gasteiger partial charge in [0.25, 0.3) is 5.69 Å². The van der Waals surface area contributed by atoms with Crippen LogP contribution in [-0.2, 0) is 9.47 Å². The topological polar surface area (TPSA) is 109 Å². The number of ether oxygens (including phenoxy) is 4. The number of methoxy groups -OCH3 is 2. The Kier molecular flexibility index (Phi) is 8.87. The fraction of sp³-hybridized carbons (Fsp3) is 0.381. The van der Waals surface area contributed by atoms with Gasteiger partial charge < -0.3 is 24.3 Å². The summed E-state index contributed by atoms with van der Waals surface area (Å²) >= 11 is 6.06. The molecule has 2 rings (SSSR count). The highest BCUT2D eigenvalue weighted by Gasteiger charge is 2.22. The van der Waals surface area contributed by atoms with Crippen LogP contribution >= 0.6 is 11.6 Å². The average molecular weight is 483 g/mol. The van der Waals surface area contributed by atoms with E-state index >= 15 is 0 Å². The molecule has 0 aliphatic rings. The molecule has 0 aliphatic carbocycles. The zero-order chi connectivity index (χ0) is 23.9. The molecule has 0 aromatic heterocycles. The minimum absolute atomic E-state index is 0.0390. The number of nitro benzene ring substituents is 1. The van der Waals surface area contributed by atoms with Crippen LogP contribution in [0.15, 0.2) is 30.3 Å². The zero-order valence-corrected chi connectivity index (χ0v) is 20.4. The summed E-state index contributed by atoms with van der Waals surface area (Å²) in [6.07, 6.45) is 0. The fourth-order valence-electron chi connectivity index (χ4n) is 2.67. The van der Waals surface area contributed by atoms with Crippen LogP contribution in [0.25, 0.3) is 0 Å². The van der Waals surface area contributed by atoms with Crippen LogP contribution in [0.4, 0.5) is 17.1 Å². The molecule has 0 fully saturated rings. The summed E-state index contributed by atoms with van der Waals surface area (Å²) in [6.45, 7) is 7.25. The van der Waals surface area contributed by atoms with Gasteiger partial charge in [-0.05, 0) is 24.2 Å². The Morgan fingerprint density at radius 3 is 2.44 bits per heavy atom. The number of hydrogen-bond acceptors (Lipinski definition) is 8. The Morgan fingerprint density at radius 2 is 1.84 bits per heavy atom. The van der Waals surface area contributed by atoms with Crippen LogP contribution in [0, 0.1) is 10.1 Å². The first-order valence-corrected chi connectivity index (χ1v) is 13.9. The van der Waals surface area contributed by atoms with Gasteiger partial charge in [0.1, 0.15) is 5.69 Å². The number of anilines is 2. The minimum atomic E-state index is -1.24. The van der Waals surface area contributed by atoms with E-state index in [0.717, 1.165) is 6.04 Å². The average Bonchev–Trinajstić information content (AvgIpc) is 2.72. The van der Waals surface area contributed by atoms with E-state index < -0.39 is 19.0 Å². The second-order valence-corrected chi connectivity index (χ2v) is 14.1. The third kappa shape index (κ3) is 7.11. The van der Waals surface area contributed by atoms with Gasteiger partial charge in [-0.3, -0.25) is 10.1 Å². The van der Waals surface area contributed by atoms with E-state index in [-0.39, 0.29) is 40.9 Å². The Balaban J connectivity index is 2.34. The van der Waals surface area contributed by atoms with Gasteiger partial charge in [-0.25, -0.2) is 4.79 Å². The zero-order valence-electron chi connectivity index (χ0n) is 18.7. The lowest BCUT2D eigenvalue weighted by Crippen LogP contribution is -2.22. The van der Waals surface area contributed by atoms with Crippen LogP contribution in [0.1, 0.15) is 10.4 Å². The summed E-state index contributed by atoms with van der Waals surface area (Å²) in [6, 6.07) is 8.10. The van der Waals surface area contributed by atoms with E-state index in [9.17, 15) is 14.9 Å². The van der Waals surface area contributed by atoms with Gasteiger partial charge in [0.05, 0.1) is 36.5 Å². The maximum Gasteiger partial charge on any atom is 0.339 e. The summed E-state index contributed by atoms with van der Waals surface area (Å²) in [7, 11) is 1.39. The lowest BCUT2D eigenvalue weighted by atomic mass is 10.1. The van der Waals surface area contributed by atoms with Crippen LogP contribution in [0.2, 0.25) is 30.7 Å². The van der Waals surface area contributed by atoms with Gasteiger partial charge in [0, 0.05) is 25.8 Å². The van der Waals surface area contributed by atoms with Crippen molar-refractivity contribution in [1.82, 2.24) is 0 Å². The molecular formula is C21H27ClN2O7Si. The first kappa shape index (κ1) is 25.4. The van der Waals surface area contributed by atoms with E-state index in [1.807, 2.05) is 0 Å². The Morgan fingerprint density at radius 1 is 1.12 bits per heavy atom. The van der Waals surface area contributed by atoms with E-state index in [2.05, 4.69) is 25.0 Å². The van der Waals surface area contributed by atoms with Gasteiger partial charge in [0.15, 0.2) is 18.3 Å². The number of nitrogens with one attached hydrogen (secondary N) is 1. The Bertz CT molecular complexity index is 979. The van der Waals surface area contributed by atoms with Crippen molar-refractivity contribution >= 4 is 42.7 Å². The molecule has 0 saturated carbocycles. The van der Waals surface area contributed by atoms with Crippen molar-refractivity contribution in [2.75, 3.05) is 32.9 Å². The summed E-state index contributed by atoms with van der Waals surface area (Å²) in [5.74, 6) is -0.196. The van der Waals surface area contributed by atoms with Crippen molar-refractivity contribution in [3.8, 4) is 11.5 Å². The molecule has 2 aromatic carbocycles. The number of nitrogens with zero attached hydrogens (tertiary/aromatic N) is 1. The molecule has 174 valence electrons. The summed E-state index contributed by atoms with van der Waals surface area (Å²) in [4.78, 5) is 23.2. The molecule has 0 amide bonds. The number of halogens is 1. The maximum absolute atomic E-state index is 12.1. The van der Waals surface area contributed by atoms with E-state index in [1.54, 1.807) is 0 Å². The molecule has 9 nitrogen and oxygen atoms in total. The minimum Gasteiger partial charge on any atom is -0.493 e. The predicted molar refractivity (Wildman–Crippen MR) is 125 cm³/mol. The SMILES string of the molecule is COC(=O)c1ccc(Cl)cc1Nc1cc(OCOCC[Si](C)(C)C)c(OC)cc1[N+](=O)[O-]. The molecule has 0 saturated heterocycles.